The first-order chi connectivity index (χ1) is 13.3. The van der Waals surface area contributed by atoms with Crippen molar-refractivity contribution in [3.05, 3.63) is 35.4 Å². The van der Waals surface area contributed by atoms with E-state index in [-0.39, 0.29) is 10.8 Å². The standard InChI is InChI=1S/C20H30F3N3OS/c1-4-24-18(25-14-19(28-5-2)9-11-27-12-10-19)26-15(3)16-7-6-8-17(13-16)20(21,22)23/h6-8,13,15H,4-5,9-12,14H2,1-3H3,(H2,24,25,26). The predicted molar refractivity (Wildman–Crippen MR) is 110 cm³/mol. The van der Waals surface area contributed by atoms with E-state index < -0.39 is 11.7 Å². The molecule has 0 aromatic heterocycles. The smallest absolute Gasteiger partial charge is 0.381 e. The molecule has 1 heterocycles. The quantitative estimate of drug-likeness (QED) is 0.502. The van der Waals surface area contributed by atoms with Crippen molar-refractivity contribution in [3.63, 3.8) is 0 Å². The lowest BCUT2D eigenvalue weighted by Crippen LogP contribution is -2.42. The average Bonchev–Trinajstić information content (AvgIpc) is 2.67. The molecule has 1 aliphatic rings. The maximum Gasteiger partial charge on any atom is 0.416 e. The number of aliphatic imine (C=N–C) groups is 1. The van der Waals surface area contributed by atoms with Crippen molar-refractivity contribution in [2.45, 2.75) is 50.6 Å². The monoisotopic (exact) mass is 417 g/mol. The molecule has 1 saturated heterocycles. The Labute approximate surface area is 169 Å². The van der Waals surface area contributed by atoms with Gasteiger partial charge in [0.1, 0.15) is 0 Å². The zero-order valence-corrected chi connectivity index (χ0v) is 17.6. The van der Waals surface area contributed by atoms with Crippen LogP contribution in [0.4, 0.5) is 13.2 Å². The molecule has 1 fully saturated rings. The summed E-state index contributed by atoms with van der Waals surface area (Å²) in [5.41, 5.74) is -0.0646. The molecule has 1 unspecified atom stereocenters. The number of guanidine groups is 1. The summed E-state index contributed by atoms with van der Waals surface area (Å²) in [6.07, 6.45) is -2.43. The molecule has 8 heteroatoms. The second-order valence-corrected chi connectivity index (χ2v) is 8.64. The van der Waals surface area contributed by atoms with Crippen molar-refractivity contribution in [2.75, 3.05) is 32.1 Å². The third kappa shape index (κ3) is 6.58. The fraction of sp³-hybridized carbons (Fsp3) is 0.650. The molecule has 0 amide bonds. The van der Waals surface area contributed by atoms with Crippen LogP contribution in [0.5, 0.6) is 0 Å². The van der Waals surface area contributed by atoms with Crippen LogP contribution in [0.2, 0.25) is 0 Å². The number of halogens is 3. The van der Waals surface area contributed by atoms with Crippen LogP contribution in [0.15, 0.2) is 29.3 Å². The summed E-state index contributed by atoms with van der Waals surface area (Å²) in [7, 11) is 0. The number of rotatable bonds is 7. The van der Waals surface area contributed by atoms with Crippen LogP contribution in [0.1, 0.15) is 50.8 Å². The summed E-state index contributed by atoms with van der Waals surface area (Å²) in [6, 6.07) is 5.11. The maximum absolute atomic E-state index is 13.0. The number of benzene rings is 1. The van der Waals surface area contributed by atoms with Crippen molar-refractivity contribution in [1.29, 1.82) is 0 Å². The first-order valence-corrected chi connectivity index (χ1v) is 10.7. The Morgan fingerprint density at radius 2 is 2.00 bits per heavy atom. The maximum atomic E-state index is 13.0. The van der Waals surface area contributed by atoms with Gasteiger partial charge in [0.05, 0.1) is 18.2 Å². The second kappa shape index (κ2) is 10.4. The number of ether oxygens (including phenoxy) is 1. The van der Waals surface area contributed by atoms with Gasteiger partial charge in [-0.2, -0.15) is 24.9 Å². The van der Waals surface area contributed by atoms with E-state index in [0.717, 1.165) is 37.9 Å². The summed E-state index contributed by atoms with van der Waals surface area (Å²) in [5, 5.41) is 6.45. The Bertz CT molecular complexity index is 640. The highest BCUT2D eigenvalue weighted by atomic mass is 32.2. The topological polar surface area (TPSA) is 45.7 Å². The Kier molecular flexibility index (Phi) is 8.49. The van der Waals surface area contributed by atoms with Gasteiger partial charge in [-0.1, -0.05) is 19.1 Å². The number of hydrogen-bond donors (Lipinski definition) is 2. The molecule has 28 heavy (non-hydrogen) atoms. The highest BCUT2D eigenvalue weighted by Gasteiger charge is 2.33. The van der Waals surface area contributed by atoms with Gasteiger partial charge in [0, 0.05) is 24.5 Å². The summed E-state index contributed by atoms with van der Waals surface area (Å²) >= 11 is 1.91. The van der Waals surface area contributed by atoms with Gasteiger partial charge in [-0.25, -0.2) is 0 Å². The van der Waals surface area contributed by atoms with E-state index in [0.29, 0.717) is 24.6 Å². The predicted octanol–water partition coefficient (Wildman–Crippen LogP) is 4.62. The van der Waals surface area contributed by atoms with E-state index in [1.165, 1.54) is 12.1 Å². The molecule has 1 atom stereocenters. The molecule has 1 aliphatic heterocycles. The van der Waals surface area contributed by atoms with Gasteiger partial charge in [-0.3, -0.25) is 4.99 Å². The molecule has 0 aliphatic carbocycles. The summed E-state index contributed by atoms with van der Waals surface area (Å²) in [5.74, 6) is 1.63. The Morgan fingerprint density at radius 3 is 2.61 bits per heavy atom. The van der Waals surface area contributed by atoms with Gasteiger partial charge in [0.15, 0.2) is 5.96 Å². The second-order valence-electron chi connectivity index (χ2n) is 6.91. The molecule has 0 saturated carbocycles. The van der Waals surface area contributed by atoms with Gasteiger partial charge < -0.3 is 15.4 Å². The molecular formula is C20H30F3N3OS. The number of nitrogens with one attached hydrogen (secondary N) is 2. The molecule has 158 valence electrons. The first kappa shape index (κ1) is 22.9. The SMILES string of the molecule is CCNC(=NCC1(SCC)CCOCC1)NC(C)c1cccc(C(F)(F)F)c1. The minimum atomic E-state index is -4.35. The minimum Gasteiger partial charge on any atom is -0.381 e. The van der Waals surface area contributed by atoms with Gasteiger partial charge in [-0.05, 0) is 50.1 Å². The van der Waals surface area contributed by atoms with Gasteiger partial charge in [0.25, 0.3) is 0 Å². The van der Waals surface area contributed by atoms with Crippen LogP contribution in [-0.2, 0) is 10.9 Å². The lowest BCUT2D eigenvalue weighted by Gasteiger charge is -2.35. The number of hydrogen-bond acceptors (Lipinski definition) is 3. The van der Waals surface area contributed by atoms with Gasteiger partial charge >= 0.3 is 6.18 Å². The van der Waals surface area contributed by atoms with E-state index >= 15 is 0 Å². The number of alkyl halides is 3. The normalized spacial score (nSPS) is 18.6. The van der Waals surface area contributed by atoms with Crippen molar-refractivity contribution in [2.24, 2.45) is 4.99 Å². The van der Waals surface area contributed by atoms with Crippen LogP contribution in [-0.4, -0.2) is 42.8 Å². The Morgan fingerprint density at radius 1 is 1.29 bits per heavy atom. The molecule has 0 spiro atoms. The van der Waals surface area contributed by atoms with Crippen LogP contribution in [0.25, 0.3) is 0 Å². The van der Waals surface area contributed by atoms with Crippen LogP contribution >= 0.6 is 11.8 Å². The highest BCUT2D eigenvalue weighted by molar-refractivity contribution is 8.00. The Hall–Kier alpha value is -1.41. The van der Waals surface area contributed by atoms with E-state index in [9.17, 15) is 13.2 Å². The largest absolute Gasteiger partial charge is 0.416 e. The Balaban J connectivity index is 2.11. The number of thioether (sulfide) groups is 1. The minimum absolute atomic E-state index is 0.0643. The molecule has 2 rings (SSSR count). The summed E-state index contributed by atoms with van der Waals surface area (Å²) < 4.78 is 44.5. The van der Waals surface area contributed by atoms with Gasteiger partial charge in [0.2, 0.25) is 0 Å². The van der Waals surface area contributed by atoms with Crippen molar-refractivity contribution >= 4 is 17.7 Å². The molecule has 0 radical (unpaired) electrons. The molecular weight excluding hydrogens is 387 g/mol. The molecule has 2 N–H and O–H groups in total. The van der Waals surface area contributed by atoms with Crippen molar-refractivity contribution < 1.29 is 17.9 Å². The third-order valence-corrected chi connectivity index (χ3v) is 6.23. The van der Waals surface area contributed by atoms with Crippen molar-refractivity contribution in [3.8, 4) is 0 Å². The van der Waals surface area contributed by atoms with E-state index in [1.54, 1.807) is 6.07 Å². The summed E-state index contributed by atoms with van der Waals surface area (Å²) in [6.45, 7) is 8.77. The third-order valence-electron chi connectivity index (χ3n) is 4.79. The number of nitrogens with zero attached hydrogens (tertiary/aromatic N) is 1. The zero-order chi connectivity index (χ0) is 20.6. The first-order valence-electron chi connectivity index (χ1n) is 9.73. The van der Waals surface area contributed by atoms with Crippen LogP contribution in [0, 0.1) is 0 Å². The average molecular weight is 418 g/mol. The van der Waals surface area contributed by atoms with Crippen LogP contribution < -0.4 is 10.6 Å². The lowest BCUT2D eigenvalue weighted by molar-refractivity contribution is -0.137. The molecule has 0 bridgehead atoms. The summed E-state index contributed by atoms with van der Waals surface area (Å²) in [4.78, 5) is 4.76. The van der Waals surface area contributed by atoms with E-state index in [2.05, 4.69) is 17.6 Å². The fourth-order valence-corrected chi connectivity index (χ4v) is 4.44. The fourth-order valence-electron chi connectivity index (χ4n) is 3.21. The molecule has 4 nitrogen and oxygen atoms in total. The van der Waals surface area contributed by atoms with E-state index in [1.807, 2.05) is 25.6 Å². The van der Waals surface area contributed by atoms with Gasteiger partial charge in [-0.15, -0.1) is 0 Å². The van der Waals surface area contributed by atoms with Crippen LogP contribution in [0.3, 0.4) is 0 Å². The molecule has 1 aromatic carbocycles. The van der Waals surface area contributed by atoms with E-state index in [4.69, 9.17) is 9.73 Å². The zero-order valence-electron chi connectivity index (χ0n) is 16.7. The highest BCUT2D eigenvalue weighted by Crippen LogP contribution is 2.36. The molecule has 1 aromatic rings. The van der Waals surface area contributed by atoms with Crippen molar-refractivity contribution in [1.82, 2.24) is 10.6 Å². The lowest BCUT2D eigenvalue weighted by atomic mass is 9.99.